The Balaban J connectivity index is 0.000000448. The number of carboxylic acids is 1. The molecule has 0 radical (unpaired) electrons. The molecule has 1 aliphatic rings. The molecule has 1 saturated heterocycles. The van der Waals surface area contributed by atoms with Crippen LogP contribution in [0.15, 0.2) is 40.2 Å². The van der Waals surface area contributed by atoms with Crippen LogP contribution < -0.4 is 10.5 Å². The van der Waals surface area contributed by atoms with Crippen molar-refractivity contribution in [1.82, 2.24) is 19.6 Å². The molecule has 4 N–H and O–H groups in total. The first-order chi connectivity index (χ1) is 18.3. The molecule has 4 aromatic rings. The lowest BCUT2D eigenvalue weighted by molar-refractivity contribution is -0.192. The summed E-state index contributed by atoms with van der Waals surface area (Å²) in [7, 11) is -3.83. The fourth-order valence-electron chi connectivity index (χ4n) is 3.53. The predicted octanol–water partition coefficient (Wildman–Crippen LogP) is 4.43. The third-order valence-electron chi connectivity index (χ3n) is 5.32. The first kappa shape index (κ1) is 29.2. The topological polar surface area (TPSA) is 156 Å². The second-order valence-corrected chi connectivity index (χ2v) is 13.6. The maximum Gasteiger partial charge on any atom is 0.490 e. The second kappa shape index (κ2) is 11.3. The van der Waals surface area contributed by atoms with Crippen molar-refractivity contribution in [2.75, 3.05) is 12.3 Å². The summed E-state index contributed by atoms with van der Waals surface area (Å²) < 4.78 is 61.7. The monoisotopic (exact) mass is 639 g/mol. The van der Waals surface area contributed by atoms with Crippen molar-refractivity contribution in [3.63, 3.8) is 0 Å². The number of carbonyl (C=O) groups excluding carboxylic acids is 1. The molecule has 5 rings (SSSR count). The predicted molar refractivity (Wildman–Crippen MR) is 142 cm³/mol. The van der Waals surface area contributed by atoms with Crippen LogP contribution in [0.2, 0.25) is 4.34 Å². The van der Waals surface area contributed by atoms with Crippen LogP contribution in [-0.2, 0) is 26.2 Å². The number of sulfonamides is 1. The Labute approximate surface area is 235 Å². The number of alkyl halides is 3. The lowest BCUT2D eigenvalue weighted by Gasteiger charge is -2.16. The molecule has 0 saturated carbocycles. The Bertz CT molecular complexity index is 1640. The maximum atomic E-state index is 12.9. The molecule has 1 atom stereocenters. The Morgan fingerprint density at radius 3 is 2.51 bits per heavy atom. The third kappa shape index (κ3) is 6.67. The fraction of sp³-hybridized carbons (Fsp3) is 0.238. The summed E-state index contributed by atoms with van der Waals surface area (Å²) in [5.74, 6) is -2.60. The number of amides is 1. The molecule has 1 fully saturated rings. The number of carboxylic acid groups (broad SMARTS) is 1. The Morgan fingerprint density at radius 1 is 1.21 bits per heavy atom. The smallest absolute Gasteiger partial charge is 0.475 e. The van der Waals surface area contributed by atoms with Crippen LogP contribution >= 0.6 is 45.6 Å². The number of aliphatic carboxylic acids is 1. The SMILES string of the molecule is Nc1ncnc2c(CN3CC[C@H](NS(=O)(=O)c4ccc(-c5ccc(Cl)s5)s4)C3=O)csc12.O=C(O)C(F)(F)F. The molecule has 5 heterocycles. The van der Waals surface area contributed by atoms with Gasteiger partial charge < -0.3 is 15.7 Å². The van der Waals surface area contributed by atoms with E-state index >= 15 is 0 Å². The zero-order chi connectivity index (χ0) is 28.5. The van der Waals surface area contributed by atoms with Crippen LogP contribution in [0.3, 0.4) is 0 Å². The van der Waals surface area contributed by atoms with Gasteiger partial charge in [-0.25, -0.2) is 23.2 Å². The molecule has 39 heavy (non-hydrogen) atoms. The van der Waals surface area contributed by atoms with E-state index in [2.05, 4.69) is 14.7 Å². The normalized spacial score (nSPS) is 15.9. The van der Waals surface area contributed by atoms with Gasteiger partial charge in [-0.15, -0.1) is 34.0 Å². The Hall–Kier alpha value is -2.83. The minimum absolute atomic E-state index is 0.166. The molecule has 0 spiro atoms. The van der Waals surface area contributed by atoms with Gasteiger partial charge in [0.2, 0.25) is 5.91 Å². The first-order valence-corrected chi connectivity index (χ1v) is 15.1. The maximum absolute atomic E-state index is 12.9. The molecule has 0 aliphatic carbocycles. The van der Waals surface area contributed by atoms with Gasteiger partial charge in [0.25, 0.3) is 10.0 Å². The highest BCUT2D eigenvalue weighted by Gasteiger charge is 2.38. The number of halogens is 4. The van der Waals surface area contributed by atoms with Crippen molar-refractivity contribution in [3.05, 3.63) is 45.9 Å². The number of thiophene rings is 3. The number of nitrogens with one attached hydrogen (secondary N) is 1. The largest absolute Gasteiger partial charge is 0.490 e. The van der Waals surface area contributed by atoms with Crippen LogP contribution in [0.5, 0.6) is 0 Å². The van der Waals surface area contributed by atoms with Crippen LogP contribution in [0.25, 0.3) is 20.0 Å². The van der Waals surface area contributed by atoms with Gasteiger partial charge in [-0.3, -0.25) is 4.79 Å². The summed E-state index contributed by atoms with van der Waals surface area (Å²) in [5.41, 5.74) is 7.48. The summed E-state index contributed by atoms with van der Waals surface area (Å²) in [6.07, 6.45) is -3.29. The van der Waals surface area contributed by atoms with Gasteiger partial charge in [0.05, 0.1) is 14.6 Å². The van der Waals surface area contributed by atoms with Crippen molar-refractivity contribution in [2.24, 2.45) is 0 Å². The van der Waals surface area contributed by atoms with E-state index in [9.17, 15) is 26.4 Å². The number of hydrogen-bond donors (Lipinski definition) is 3. The summed E-state index contributed by atoms with van der Waals surface area (Å²) >= 11 is 9.94. The molecule has 0 unspecified atom stereocenters. The van der Waals surface area contributed by atoms with Crippen LogP contribution in [0.4, 0.5) is 19.0 Å². The van der Waals surface area contributed by atoms with Crippen LogP contribution in [0.1, 0.15) is 12.0 Å². The van der Waals surface area contributed by atoms with Crippen molar-refractivity contribution in [3.8, 4) is 9.75 Å². The lowest BCUT2D eigenvalue weighted by Crippen LogP contribution is -2.41. The van der Waals surface area contributed by atoms with E-state index in [1.807, 2.05) is 11.4 Å². The molecule has 4 aromatic heterocycles. The van der Waals surface area contributed by atoms with Gasteiger partial charge in [-0.2, -0.15) is 17.9 Å². The molecule has 1 amide bonds. The zero-order valence-corrected chi connectivity index (χ0v) is 23.3. The average Bonchev–Trinajstić information content (AvgIpc) is 3.64. The highest BCUT2D eigenvalue weighted by atomic mass is 35.5. The number of aromatic nitrogens is 2. The Morgan fingerprint density at radius 2 is 1.87 bits per heavy atom. The van der Waals surface area contributed by atoms with Gasteiger partial charge in [-0.1, -0.05) is 11.6 Å². The number of anilines is 1. The van der Waals surface area contributed by atoms with Crippen molar-refractivity contribution < 1.29 is 36.3 Å². The second-order valence-electron chi connectivity index (χ2n) is 7.95. The number of hydrogen-bond acceptors (Lipinski definition) is 10. The number of rotatable bonds is 6. The van der Waals surface area contributed by atoms with Crippen molar-refractivity contribution in [2.45, 2.75) is 29.4 Å². The number of nitrogens with zero attached hydrogens (tertiary/aromatic N) is 3. The van der Waals surface area contributed by atoms with E-state index < -0.39 is 28.2 Å². The van der Waals surface area contributed by atoms with Gasteiger partial charge in [0.1, 0.15) is 22.4 Å². The lowest BCUT2D eigenvalue weighted by atomic mass is 10.2. The van der Waals surface area contributed by atoms with Gasteiger partial charge in [0, 0.05) is 28.4 Å². The number of likely N-dealkylation sites (tertiary alicyclic amines) is 1. The molecular weight excluding hydrogens is 623 g/mol. The molecule has 1 aliphatic heterocycles. The quantitative estimate of drug-likeness (QED) is 0.280. The summed E-state index contributed by atoms with van der Waals surface area (Å²) in [6, 6.07) is 6.13. The summed E-state index contributed by atoms with van der Waals surface area (Å²) in [5, 5.41) is 9.03. The standard InChI is InChI=1S/C19H16ClN5O3S4.C2HF3O2/c20-14-3-1-12(30-14)13-2-4-15(31-13)32(27,28)24-11-5-6-25(19(11)26)7-10-8-29-17-16(10)22-9-23-18(17)21;3-2(4,5)1(6)7/h1-4,8-9,11,24H,5-7H2,(H2,21,22,23);(H,6,7)/t11-;/m0./s1. The van der Waals surface area contributed by atoms with E-state index in [-0.39, 0.29) is 10.1 Å². The van der Waals surface area contributed by atoms with Crippen LogP contribution in [0, 0.1) is 0 Å². The van der Waals surface area contributed by atoms with E-state index in [0.29, 0.717) is 29.7 Å². The zero-order valence-electron chi connectivity index (χ0n) is 19.3. The van der Waals surface area contributed by atoms with E-state index in [4.69, 9.17) is 27.2 Å². The molecular formula is C21H17ClF3N5O5S4. The van der Waals surface area contributed by atoms with E-state index in [0.717, 1.165) is 36.9 Å². The minimum Gasteiger partial charge on any atom is -0.475 e. The van der Waals surface area contributed by atoms with Crippen molar-refractivity contribution in [1.29, 1.82) is 0 Å². The van der Waals surface area contributed by atoms with E-state index in [1.165, 1.54) is 29.0 Å². The number of nitrogens with two attached hydrogens (primary N) is 1. The summed E-state index contributed by atoms with van der Waals surface area (Å²) in [6.45, 7) is 0.795. The number of fused-ring (bicyclic) bond motifs is 1. The highest BCUT2D eigenvalue weighted by Crippen LogP contribution is 2.37. The minimum atomic E-state index is -5.08. The Kier molecular flexibility index (Phi) is 8.48. The molecule has 0 aromatic carbocycles. The highest BCUT2D eigenvalue weighted by molar-refractivity contribution is 7.91. The van der Waals surface area contributed by atoms with Gasteiger partial charge >= 0.3 is 12.1 Å². The van der Waals surface area contributed by atoms with Gasteiger partial charge in [0.15, 0.2) is 0 Å². The summed E-state index contributed by atoms with van der Waals surface area (Å²) in [4.78, 5) is 33.4. The molecule has 18 heteroatoms. The average molecular weight is 640 g/mol. The third-order valence-corrected chi connectivity index (χ3v) is 10.8. The van der Waals surface area contributed by atoms with Gasteiger partial charge in [-0.05, 0) is 36.1 Å². The molecule has 208 valence electrons. The molecule has 0 bridgehead atoms. The van der Waals surface area contributed by atoms with E-state index in [1.54, 1.807) is 23.1 Å². The number of nitrogen functional groups attached to an aromatic ring is 1. The first-order valence-electron chi connectivity index (χ1n) is 10.7. The molecule has 10 nitrogen and oxygen atoms in total. The number of carbonyl (C=O) groups is 2. The van der Waals surface area contributed by atoms with Crippen LogP contribution in [-0.4, -0.2) is 59.0 Å². The fourth-order valence-corrected chi connectivity index (χ4v) is 8.13. The van der Waals surface area contributed by atoms with Crippen molar-refractivity contribution >= 4 is 83.5 Å².